The summed E-state index contributed by atoms with van der Waals surface area (Å²) in [6.07, 6.45) is 3.97. The number of para-hydroxylation sites is 1. The summed E-state index contributed by atoms with van der Waals surface area (Å²) in [6, 6.07) is 7.58. The van der Waals surface area contributed by atoms with Crippen LogP contribution in [0, 0.1) is 0 Å². The lowest BCUT2D eigenvalue weighted by atomic mass is 9.97. The zero-order valence-corrected chi connectivity index (χ0v) is 14.0. The molecule has 0 saturated heterocycles. The van der Waals surface area contributed by atoms with E-state index >= 15 is 0 Å². The Morgan fingerprint density at radius 2 is 1.88 bits per heavy atom. The molecule has 126 valence electrons. The molecule has 0 saturated carbocycles. The van der Waals surface area contributed by atoms with E-state index in [0.717, 1.165) is 54.3 Å². The molecule has 0 N–H and O–H groups in total. The Hall–Kier alpha value is -2.43. The van der Waals surface area contributed by atoms with Crippen molar-refractivity contribution in [3.05, 3.63) is 41.1 Å². The number of carbonyl (C=O) groups is 2. The maximum absolute atomic E-state index is 12.8. The number of methoxy groups -OCH3 is 1. The first-order valence-corrected chi connectivity index (χ1v) is 8.31. The second-order valence-corrected chi connectivity index (χ2v) is 6.06. The molecule has 1 aliphatic carbocycles. The summed E-state index contributed by atoms with van der Waals surface area (Å²) in [5.74, 6) is -1.04. The topological polar surface area (TPSA) is 65.5 Å². The summed E-state index contributed by atoms with van der Waals surface area (Å²) in [5.41, 5.74) is 3.28. The fourth-order valence-corrected chi connectivity index (χ4v) is 3.22. The summed E-state index contributed by atoms with van der Waals surface area (Å²) in [5, 5.41) is 0.778. The van der Waals surface area contributed by atoms with Crippen molar-refractivity contribution in [3.8, 4) is 0 Å². The molecular weight excluding hydrogens is 306 g/mol. The van der Waals surface area contributed by atoms with Crippen molar-refractivity contribution in [1.29, 1.82) is 0 Å². The number of nitrogens with zero attached hydrogens (tertiary/aromatic N) is 1. The predicted octanol–water partition coefficient (Wildman–Crippen LogP) is 3.22. The monoisotopic (exact) mass is 327 g/mol. The number of aryl methyl sites for hydroxylation is 1. The fourth-order valence-electron chi connectivity index (χ4n) is 3.22. The van der Waals surface area contributed by atoms with Crippen molar-refractivity contribution in [2.75, 3.05) is 7.11 Å². The molecule has 0 bridgehead atoms. The smallest absolute Gasteiger partial charge is 0.346 e. The van der Waals surface area contributed by atoms with Gasteiger partial charge in [-0.3, -0.25) is 4.98 Å². The molecule has 5 heteroatoms. The average Bonchev–Trinajstić information content (AvgIpc) is 2.83. The molecule has 1 atom stereocenters. The third kappa shape index (κ3) is 3.11. The van der Waals surface area contributed by atoms with Gasteiger partial charge in [0.1, 0.15) is 0 Å². The van der Waals surface area contributed by atoms with Crippen LogP contribution in [0.1, 0.15) is 47.8 Å². The molecule has 1 aliphatic rings. The van der Waals surface area contributed by atoms with E-state index in [0.29, 0.717) is 5.56 Å². The van der Waals surface area contributed by atoms with Gasteiger partial charge in [-0.05, 0) is 44.2 Å². The summed E-state index contributed by atoms with van der Waals surface area (Å²) < 4.78 is 10.0. The molecule has 0 amide bonds. The highest BCUT2D eigenvalue weighted by Gasteiger charge is 2.26. The van der Waals surface area contributed by atoms with Gasteiger partial charge >= 0.3 is 11.9 Å². The summed E-state index contributed by atoms with van der Waals surface area (Å²) in [4.78, 5) is 29.1. The number of pyridine rings is 1. The highest BCUT2D eigenvalue weighted by atomic mass is 16.6. The lowest BCUT2D eigenvalue weighted by Crippen LogP contribution is -2.26. The number of aromatic nitrogens is 1. The van der Waals surface area contributed by atoms with Crippen LogP contribution in [0.5, 0.6) is 0 Å². The molecule has 1 aromatic carbocycles. The molecule has 5 nitrogen and oxygen atoms in total. The zero-order chi connectivity index (χ0) is 17.1. The number of hydrogen-bond donors (Lipinski definition) is 0. The third-order valence-electron chi connectivity index (χ3n) is 4.44. The largest absolute Gasteiger partial charge is 0.466 e. The molecule has 0 unspecified atom stereocenters. The van der Waals surface area contributed by atoms with E-state index in [9.17, 15) is 9.59 Å². The SMILES string of the molecule is COC(=O)[C@@H](C)OC(=O)c1c2c(nc3ccccc13)CCCCC2. The number of ether oxygens (including phenoxy) is 2. The van der Waals surface area contributed by atoms with Gasteiger partial charge in [0.25, 0.3) is 0 Å². The van der Waals surface area contributed by atoms with E-state index in [1.165, 1.54) is 14.0 Å². The standard InChI is InChI=1S/C19H21NO4/c1-12(18(21)23-2)24-19(22)17-13-8-4-3-5-10-15(13)20-16-11-7-6-9-14(16)17/h6-7,9,11-12H,3-5,8,10H2,1-2H3/t12-/m1/s1. The lowest BCUT2D eigenvalue weighted by molar-refractivity contribution is -0.149. The van der Waals surface area contributed by atoms with Crippen LogP contribution >= 0.6 is 0 Å². The molecule has 24 heavy (non-hydrogen) atoms. The number of fused-ring (bicyclic) bond motifs is 2. The van der Waals surface area contributed by atoms with E-state index in [1.807, 2.05) is 24.3 Å². The van der Waals surface area contributed by atoms with E-state index < -0.39 is 18.0 Å². The Kier molecular flexibility index (Phi) is 4.79. The van der Waals surface area contributed by atoms with E-state index in [-0.39, 0.29) is 0 Å². The molecule has 3 rings (SSSR count). The fraction of sp³-hybridized carbons (Fsp3) is 0.421. The molecule has 2 aromatic rings. The Balaban J connectivity index is 2.09. The van der Waals surface area contributed by atoms with E-state index in [2.05, 4.69) is 4.74 Å². The van der Waals surface area contributed by atoms with Crippen LogP contribution in [0.2, 0.25) is 0 Å². The van der Waals surface area contributed by atoms with Crippen molar-refractivity contribution in [2.45, 2.75) is 45.1 Å². The maximum atomic E-state index is 12.8. The van der Waals surface area contributed by atoms with Gasteiger partial charge in [0.2, 0.25) is 0 Å². The average molecular weight is 327 g/mol. The van der Waals surface area contributed by atoms with Gasteiger partial charge in [-0.25, -0.2) is 9.59 Å². The predicted molar refractivity (Wildman–Crippen MR) is 89.9 cm³/mol. The van der Waals surface area contributed by atoms with Crippen LogP contribution in [0.3, 0.4) is 0 Å². The van der Waals surface area contributed by atoms with Crippen molar-refractivity contribution >= 4 is 22.8 Å². The van der Waals surface area contributed by atoms with Crippen LogP contribution in [-0.4, -0.2) is 30.1 Å². The van der Waals surface area contributed by atoms with E-state index in [1.54, 1.807) is 0 Å². The van der Waals surface area contributed by atoms with Crippen molar-refractivity contribution in [3.63, 3.8) is 0 Å². The number of carbonyl (C=O) groups excluding carboxylic acids is 2. The van der Waals surface area contributed by atoms with Gasteiger partial charge in [-0.15, -0.1) is 0 Å². The Morgan fingerprint density at radius 1 is 1.12 bits per heavy atom. The van der Waals surface area contributed by atoms with Crippen LogP contribution in [0.25, 0.3) is 10.9 Å². The maximum Gasteiger partial charge on any atom is 0.346 e. The molecular formula is C19H21NO4. The van der Waals surface area contributed by atoms with Gasteiger partial charge in [0.15, 0.2) is 6.10 Å². The number of esters is 2. The Morgan fingerprint density at radius 3 is 2.67 bits per heavy atom. The normalized spacial score (nSPS) is 15.2. The van der Waals surface area contributed by atoms with Crippen LogP contribution in [0.15, 0.2) is 24.3 Å². The van der Waals surface area contributed by atoms with Crippen molar-refractivity contribution < 1.29 is 19.1 Å². The second-order valence-electron chi connectivity index (χ2n) is 6.06. The minimum Gasteiger partial charge on any atom is -0.466 e. The Bertz CT molecular complexity index is 784. The zero-order valence-electron chi connectivity index (χ0n) is 14.0. The van der Waals surface area contributed by atoms with Crippen molar-refractivity contribution in [1.82, 2.24) is 4.98 Å². The van der Waals surface area contributed by atoms with Crippen molar-refractivity contribution in [2.24, 2.45) is 0 Å². The van der Waals surface area contributed by atoms with Gasteiger partial charge in [-0.2, -0.15) is 0 Å². The first-order valence-electron chi connectivity index (χ1n) is 8.31. The highest BCUT2D eigenvalue weighted by Crippen LogP contribution is 2.29. The quantitative estimate of drug-likeness (QED) is 0.640. The summed E-state index contributed by atoms with van der Waals surface area (Å²) >= 11 is 0. The second kappa shape index (κ2) is 6.99. The van der Waals surface area contributed by atoms with Gasteiger partial charge < -0.3 is 9.47 Å². The minimum absolute atomic E-state index is 0.482. The van der Waals surface area contributed by atoms with Crippen LogP contribution in [-0.2, 0) is 27.1 Å². The summed E-state index contributed by atoms with van der Waals surface area (Å²) in [7, 11) is 1.28. The molecule has 0 spiro atoms. The first-order chi connectivity index (χ1) is 11.6. The van der Waals surface area contributed by atoms with Gasteiger partial charge in [0.05, 0.1) is 18.2 Å². The molecule has 0 fully saturated rings. The molecule has 0 aliphatic heterocycles. The van der Waals surface area contributed by atoms with Gasteiger partial charge in [-0.1, -0.05) is 24.6 Å². The number of rotatable bonds is 3. The van der Waals surface area contributed by atoms with Crippen LogP contribution < -0.4 is 0 Å². The number of benzene rings is 1. The van der Waals surface area contributed by atoms with Crippen LogP contribution in [0.4, 0.5) is 0 Å². The number of hydrogen-bond acceptors (Lipinski definition) is 5. The molecule has 1 heterocycles. The minimum atomic E-state index is -0.934. The summed E-state index contributed by atoms with van der Waals surface area (Å²) in [6.45, 7) is 1.52. The Labute approximate surface area is 141 Å². The first kappa shape index (κ1) is 16.4. The van der Waals surface area contributed by atoms with Gasteiger partial charge in [0, 0.05) is 11.1 Å². The molecule has 0 radical (unpaired) electrons. The third-order valence-corrected chi connectivity index (χ3v) is 4.44. The molecule has 1 aromatic heterocycles. The highest BCUT2D eigenvalue weighted by molar-refractivity contribution is 6.05. The lowest BCUT2D eigenvalue weighted by Gasteiger charge is -2.16. The van der Waals surface area contributed by atoms with E-state index in [4.69, 9.17) is 9.72 Å².